The molecular formula is C25H26ClFN2O4S. The first-order chi connectivity index (χ1) is 16.1. The Labute approximate surface area is 203 Å². The molecule has 0 saturated carbocycles. The first-order valence-electron chi connectivity index (χ1n) is 10.8. The Balaban J connectivity index is 1.91. The number of halogens is 2. The molecule has 1 unspecified atom stereocenters. The first kappa shape index (κ1) is 25.7. The van der Waals surface area contributed by atoms with Crippen LogP contribution in [-0.2, 0) is 16.6 Å². The molecule has 180 valence electrons. The highest BCUT2D eigenvalue weighted by Crippen LogP contribution is 2.30. The molecule has 0 radical (unpaired) electrons. The summed E-state index contributed by atoms with van der Waals surface area (Å²) in [4.78, 5) is 11.9. The van der Waals surface area contributed by atoms with E-state index in [0.29, 0.717) is 16.8 Å². The first-order valence-corrected chi connectivity index (χ1v) is 12.6. The lowest BCUT2D eigenvalue weighted by molar-refractivity contribution is 0.0697. The van der Waals surface area contributed by atoms with Gasteiger partial charge in [0.2, 0.25) is 10.0 Å². The molecule has 3 N–H and O–H groups in total. The van der Waals surface area contributed by atoms with Gasteiger partial charge in [0, 0.05) is 12.2 Å². The molecule has 0 amide bonds. The number of rotatable bonds is 10. The van der Waals surface area contributed by atoms with E-state index < -0.39 is 21.8 Å². The molecule has 0 aliphatic carbocycles. The molecule has 0 bridgehead atoms. The third-order valence-corrected chi connectivity index (χ3v) is 7.23. The van der Waals surface area contributed by atoms with Crippen LogP contribution >= 0.6 is 11.6 Å². The summed E-state index contributed by atoms with van der Waals surface area (Å²) >= 11 is 5.76. The summed E-state index contributed by atoms with van der Waals surface area (Å²) in [5.74, 6) is -1.84. The number of hydrogen-bond acceptors (Lipinski definition) is 4. The number of carboxylic acids is 1. The van der Waals surface area contributed by atoms with Crippen molar-refractivity contribution < 1.29 is 22.7 Å². The lowest BCUT2D eigenvalue weighted by atomic mass is 10.0. The number of sulfonamides is 1. The van der Waals surface area contributed by atoms with Crippen LogP contribution in [-0.4, -0.2) is 19.5 Å². The number of carbonyl (C=O) groups is 1. The van der Waals surface area contributed by atoms with Gasteiger partial charge >= 0.3 is 5.97 Å². The molecule has 0 aliphatic heterocycles. The van der Waals surface area contributed by atoms with Crippen LogP contribution in [0.1, 0.15) is 52.9 Å². The Morgan fingerprint density at radius 3 is 2.44 bits per heavy atom. The summed E-state index contributed by atoms with van der Waals surface area (Å²) in [7, 11) is -4.05. The van der Waals surface area contributed by atoms with Gasteiger partial charge < -0.3 is 10.4 Å². The van der Waals surface area contributed by atoms with Crippen molar-refractivity contribution in [3.05, 3.63) is 93.8 Å². The zero-order valence-corrected chi connectivity index (χ0v) is 20.4. The minimum absolute atomic E-state index is 0.114. The van der Waals surface area contributed by atoms with E-state index in [4.69, 9.17) is 11.6 Å². The number of benzene rings is 3. The molecule has 3 aromatic carbocycles. The fraction of sp³-hybridized carbons (Fsp3) is 0.240. The molecule has 3 rings (SSSR count). The van der Waals surface area contributed by atoms with Crippen LogP contribution in [0.5, 0.6) is 0 Å². The second-order valence-corrected chi connectivity index (χ2v) is 10.1. The Hall–Kier alpha value is -2.94. The van der Waals surface area contributed by atoms with Crippen LogP contribution in [0.2, 0.25) is 5.02 Å². The summed E-state index contributed by atoms with van der Waals surface area (Å²) in [6.07, 6.45) is 1.64. The lowest BCUT2D eigenvalue weighted by Gasteiger charge is -2.22. The van der Waals surface area contributed by atoms with Gasteiger partial charge in [0.25, 0.3) is 0 Å². The van der Waals surface area contributed by atoms with Crippen LogP contribution in [0.25, 0.3) is 0 Å². The molecule has 0 fully saturated rings. The molecule has 9 heteroatoms. The van der Waals surface area contributed by atoms with Gasteiger partial charge in [0.05, 0.1) is 21.5 Å². The Morgan fingerprint density at radius 2 is 1.82 bits per heavy atom. The van der Waals surface area contributed by atoms with Crippen molar-refractivity contribution in [1.29, 1.82) is 0 Å². The normalized spacial score (nSPS) is 12.4. The summed E-state index contributed by atoms with van der Waals surface area (Å²) < 4.78 is 41.8. The Bertz CT molecular complexity index is 1280. The van der Waals surface area contributed by atoms with Gasteiger partial charge in [-0.05, 0) is 54.3 Å². The quantitative estimate of drug-likeness (QED) is 0.318. The highest BCUT2D eigenvalue weighted by atomic mass is 35.5. The summed E-state index contributed by atoms with van der Waals surface area (Å²) in [5.41, 5.74) is 2.06. The summed E-state index contributed by atoms with van der Waals surface area (Å²) in [6, 6.07) is 16.1. The van der Waals surface area contributed by atoms with Crippen LogP contribution in [0.3, 0.4) is 0 Å². The Morgan fingerprint density at radius 1 is 1.12 bits per heavy atom. The number of carboxylic acid groups (broad SMARTS) is 1. The van der Waals surface area contributed by atoms with Crippen molar-refractivity contribution >= 4 is 33.3 Å². The van der Waals surface area contributed by atoms with Crippen molar-refractivity contribution in [3.8, 4) is 0 Å². The molecule has 6 nitrogen and oxygen atoms in total. The maximum atomic E-state index is 13.4. The second-order valence-electron chi connectivity index (χ2n) is 7.94. The third-order valence-electron chi connectivity index (χ3n) is 5.39. The molecule has 0 aromatic heterocycles. The fourth-order valence-corrected chi connectivity index (χ4v) is 5.13. The maximum absolute atomic E-state index is 13.4. The standard InChI is InChI=1S/C25H26ClFN2O4S/c1-3-7-22(18-8-5-4-6-9-18)29-23-12-16(2)24(14-19(23)25(30)31)34(32,33)28-15-17-10-11-21(27)20(26)13-17/h4-6,8-14,22,28-29H,3,7,15H2,1-2H3,(H,30,31). The number of nitrogens with one attached hydrogen (secondary N) is 2. The fourth-order valence-electron chi connectivity index (χ4n) is 3.66. The average Bonchev–Trinajstić information content (AvgIpc) is 2.80. The zero-order valence-electron chi connectivity index (χ0n) is 18.8. The number of hydrogen-bond donors (Lipinski definition) is 3. The van der Waals surface area contributed by atoms with E-state index in [9.17, 15) is 22.7 Å². The monoisotopic (exact) mass is 504 g/mol. The highest BCUT2D eigenvalue weighted by Gasteiger charge is 2.23. The maximum Gasteiger partial charge on any atom is 0.337 e. The van der Waals surface area contributed by atoms with E-state index in [2.05, 4.69) is 10.0 Å². The zero-order chi connectivity index (χ0) is 24.9. The van der Waals surface area contributed by atoms with Crippen molar-refractivity contribution in [2.24, 2.45) is 0 Å². The lowest BCUT2D eigenvalue weighted by Crippen LogP contribution is -2.25. The van der Waals surface area contributed by atoms with E-state index in [1.165, 1.54) is 12.1 Å². The van der Waals surface area contributed by atoms with Crippen LogP contribution in [0.15, 0.2) is 65.6 Å². The number of anilines is 1. The Kier molecular flexibility index (Phi) is 8.30. The van der Waals surface area contributed by atoms with Crippen LogP contribution in [0, 0.1) is 12.7 Å². The minimum Gasteiger partial charge on any atom is -0.478 e. The van der Waals surface area contributed by atoms with Gasteiger partial charge in [-0.2, -0.15) is 0 Å². The molecule has 0 heterocycles. The number of aryl methyl sites for hydroxylation is 1. The average molecular weight is 505 g/mol. The predicted octanol–water partition coefficient (Wildman–Crippen LogP) is 5.92. The van der Waals surface area contributed by atoms with Gasteiger partial charge in [-0.1, -0.05) is 61.3 Å². The topological polar surface area (TPSA) is 95.5 Å². The smallest absolute Gasteiger partial charge is 0.337 e. The van der Waals surface area contributed by atoms with Gasteiger partial charge in [0.15, 0.2) is 0 Å². The van der Waals surface area contributed by atoms with Crippen molar-refractivity contribution in [2.45, 2.75) is 44.2 Å². The predicted molar refractivity (Wildman–Crippen MR) is 131 cm³/mol. The van der Waals surface area contributed by atoms with Crippen LogP contribution < -0.4 is 10.0 Å². The van der Waals surface area contributed by atoms with E-state index in [1.54, 1.807) is 13.0 Å². The van der Waals surface area contributed by atoms with Crippen molar-refractivity contribution in [2.75, 3.05) is 5.32 Å². The molecular weight excluding hydrogens is 479 g/mol. The van der Waals surface area contributed by atoms with E-state index in [-0.39, 0.29) is 28.1 Å². The van der Waals surface area contributed by atoms with E-state index in [1.807, 2.05) is 37.3 Å². The van der Waals surface area contributed by atoms with Crippen LogP contribution in [0.4, 0.5) is 10.1 Å². The van der Waals surface area contributed by atoms with Gasteiger partial charge in [-0.15, -0.1) is 0 Å². The molecule has 34 heavy (non-hydrogen) atoms. The van der Waals surface area contributed by atoms with Gasteiger partial charge in [0.1, 0.15) is 5.82 Å². The van der Waals surface area contributed by atoms with Gasteiger partial charge in [-0.3, -0.25) is 0 Å². The van der Waals surface area contributed by atoms with Crippen molar-refractivity contribution in [1.82, 2.24) is 4.72 Å². The molecule has 0 saturated heterocycles. The van der Waals surface area contributed by atoms with Gasteiger partial charge in [-0.25, -0.2) is 22.3 Å². The third kappa shape index (κ3) is 6.14. The minimum atomic E-state index is -4.05. The molecule has 0 aliphatic rings. The summed E-state index contributed by atoms with van der Waals surface area (Å²) in [5, 5.41) is 13.0. The molecule has 0 spiro atoms. The second kappa shape index (κ2) is 11.0. The molecule has 1 atom stereocenters. The highest BCUT2D eigenvalue weighted by molar-refractivity contribution is 7.89. The number of aromatic carboxylic acids is 1. The summed E-state index contributed by atoms with van der Waals surface area (Å²) in [6.45, 7) is 3.52. The SMILES string of the molecule is CCCC(Nc1cc(C)c(S(=O)(=O)NCc2ccc(F)c(Cl)c2)cc1C(=O)O)c1ccccc1. The largest absolute Gasteiger partial charge is 0.478 e. The molecule has 3 aromatic rings. The van der Waals surface area contributed by atoms with Crippen molar-refractivity contribution in [3.63, 3.8) is 0 Å². The van der Waals surface area contributed by atoms with E-state index >= 15 is 0 Å². The van der Waals surface area contributed by atoms with E-state index in [0.717, 1.165) is 30.5 Å².